The van der Waals surface area contributed by atoms with Crippen molar-refractivity contribution in [2.45, 2.75) is 55.9 Å². The first-order chi connectivity index (χ1) is 12.6. The first-order valence-electron chi connectivity index (χ1n) is 9.71. The monoisotopic (exact) mass is 352 g/mol. The smallest absolute Gasteiger partial charge is 0.254 e. The van der Waals surface area contributed by atoms with Gasteiger partial charge in [-0.1, -0.05) is 43.2 Å². The molecule has 2 aliphatic carbocycles. The van der Waals surface area contributed by atoms with Gasteiger partial charge >= 0.3 is 0 Å². The van der Waals surface area contributed by atoms with Gasteiger partial charge in [-0.3, -0.25) is 9.48 Å². The van der Waals surface area contributed by atoms with E-state index >= 15 is 0 Å². The van der Waals surface area contributed by atoms with E-state index in [9.17, 15) is 4.79 Å². The number of nitrogens with zero attached hydrogens (tertiary/aromatic N) is 2. The Morgan fingerprint density at radius 3 is 2.62 bits per heavy atom. The highest BCUT2D eigenvalue weighted by molar-refractivity contribution is 5.95. The van der Waals surface area contributed by atoms with E-state index in [1.807, 2.05) is 19.3 Å². The minimum atomic E-state index is 0.00241. The molecule has 3 N–H and O–H groups in total. The summed E-state index contributed by atoms with van der Waals surface area (Å²) in [5.74, 6) is 0.453. The molecule has 2 aromatic rings. The van der Waals surface area contributed by atoms with Crippen LogP contribution in [0.15, 0.2) is 36.5 Å². The lowest BCUT2D eigenvalue weighted by Gasteiger charge is -2.47. The van der Waals surface area contributed by atoms with Crippen molar-refractivity contribution in [3.8, 4) is 0 Å². The number of carbonyl (C=O) groups is 1. The summed E-state index contributed by atoms with van der Waals surface area (Å²) in [4.78, 5) is 12.9. The van der Waals surface area contributed by atoms with Crippen molar-refractivity contribution in [1.29, 1.82) is 0 Å². The van der Waals surface area contributed by atoms with Crippen LogP contribution in [0.4, 0.5) is 0 Å². The van der Waals surface area contributed by atoms with E-state index in [2.05, 4.69) is 34.7 Å². The molecule has 138 valence electrons. The molecule has 0 aliphatic heterocycles. The molecule has 5 nitrogen and oxygen atoms in total. The summed E-state index contributed by atoms with van der Waals surface area (Å²) in [6.45, 7) is 0.615. The maximum Gasteiger partial charge on any atom is 0.254 e. The fourth-order valence-electron chi connectivity index (χ4n) is 4.74. The van der Waals surface area contributed by atoms with Gasteiger partial charge in [0, 0.05) is 37.2 Å². The molecule has 1 heterocycles. The average Bonchev–Trinajstić information content (AvgIpc) is 3.27. The largest absolute Gasteiger partial charge is 0.349 e. The quantitative estimate of drug-likeness (QED) is 0.869. The molecule has 1 aromatic carbocycles. The first-order valence-corrected chi connectivity index (χ1v) is 9.71. The number of hydrogen-bond donors (Lipinski definition) is 2. The summed E-state index contributed by atoms with van der Waals surface area (Å²) >= 11 is 0. The Hall–Kier alpha value is -2.14. The topological polar surface area (TPSA) is 72.9 Å². The number of aryl methyl sites for hydroxylation is 1. The third-order valence-electron chi connectivity index (χ3n) is 6.23. The van der Waals surface area contributed by atoms with Gasteiger partial charge in [0.25, 0.3) is 5.91 Å². The lowest BCUT2D eigenvalue weighted by molar-refractivity contribution is 0.0865. The molecule has 2 saturated carbocycles. The van der Waals surface area contributed by atoms with E-state index in [1.54, 1.807) is 4.68 Å². The van der Waals surface area contributed by atoms with Crippen molar-refractivity contribution in [2.24, 2.45) is 12.8 Å². The molecule has 1 amide bonds. The van der Waals surface area contributed by atoms with Crippen molar-refractivity contribution < 1.29 is 4.79 Å². The van der Waals surface area contributed by atoms with Crippen molar-refractivity contribution in [2.75, 3.05) is 6.54 Å². The maximum atomic E-state index is 12.9. The molecular formula is C21H28N4O. The molecule has 0 atom stereocenters. The van der Waals surface area contributed by atoms with Crippen molar-refractivity contribution in [1.82, 2.24) is 15.1 Å². The Morgan fingerprint density at radius 2 is 1.96 bits per heavy atom. The fourth-order valence-corrected chi connectivity index (χ4v) is 4.74. The van der Waals surface area contributed by atoms with E-state index in [1.165, 1.54) is 18.4 Å². The highest BCUT2D eigenvalue weighted by Gasteiger charge is 2.45. The molecule has 2 fully saturated rings. The third kappa shape index (κ3) is 3.05. The van der Waals surface area contributed by atoms with E-state index in [0.29, 0.717) is 12.5 Å². The summed E-state index contributed by atoms with van der Waals surface area (Å²) < 4.78 is 1.78. The molecule has 2 aliphatic rings. The molecule has 26 heavy (non-hydrogen) atoms. The number of aromatic nitrogens is 2. The average molecular weight is 352 g/mol. The minimum absolute atomic E-state index is 0.00241. The van der Waals surface area contributed by atoms with Gasteiger partial charge in [0.2, 0.25) is 0 Å². The number of nitrogens with two attached hydrogens (primary N) is 1. The Balaban J connectivity index is 1.44. The Bertz CT molecular complexity index is 771. The molecule has 0 bridgehead atoms. The van der Waals surface area contributed by atoms with E-state index < -0.39 is 0 Å². The summed E-state index contributed by atoms with van der Waals surface area (Å²) in [5.41, 5.74) is 9.11. The van der Waals surface area contributed by atoms with Crippen LogP contribution in [0, 0.1) is 0 Å². The second-order valence-electron chi connectivity index (χ2n) is 8.01. The van der Waals surface area contributed by atoms with Crippen LogP contribution in [0.3, 0.4) is 0 Å². The summed E-state index contributed by atoms with van der Waals surface area (Å²) in [7, 11) is 1.90. The van der Waals surface area contributed by atoms with Crippen molar-refractivity contribution in [3.63, 3.8) is 0 Å². The number of nitrogens with one attached hydrogen (secondary N) is 1. The van der Waals surface area contributed by atoms with Crippen molar-refractivity contribution in [3.05, 3.63) is 53.3 Å². The molecule has 0 radical (unpaired) electrons. The SMILES string of the molecule is Cn1cc(C(=O)NC2CC(CN)(c3ccccc3)C2)c(C2CCCC2)n1. The van der Waals surface area contributed by atoms with Gasteiger partial charge < -0.3 is 11.1 Å². The van der Waals surface area contributed by atoms with Gasteiger partial charge in [-0.15, -0.1) is 0 Å². The van der Waals surface area contributed by atoms with Gasteiger partial charge in [0.1, 0.15) is 0 Å². The van der Waals surface area contributed by atoms with E-state index in [4.69, 9.17) is 5.73 Å². The summed E-state index contributed by atoms with van der Waals surface area (Å²) in [6.07, 6.45) is 8.43. The van der Waals surface area contributed by atoms with Crippen LogP contribution >= 0.6 is 0 Å². The van der Waals surface area contributed by atoms with Crippen LogP contribution in [-0.4, -0.2) is 28.3 Å². The van der Waals surface area contributed by atoms with Crippen LogP contribution in [0.5, 0.6) is 0 Å². The van der Waals surface area contributed by atoms with Gasteiger partial charge in [0.05, 0.1) is 11.3 Å². The predicted molar refractivity (Wildman–Crippen MR) is 102 cm³/mol. The Labute approximate surface area is 155 Å². The lowest BCUT2D eigenvalue weighted by Crippen LogP contribution is -2.56. The first kappa shape index (κ1) is 17.3. The molecule has 0 unspecified atom stereocenters. The second-order valence-corrected chi connectivity index (χ2v) is 8.01. The maximum absolute atomic E-state index is 12.9. The number of carbonyl (C=O) groups excluding carboxylic acids is 1. The predicted octanol–water partition coefficient (Wildman–Crippen LogP) is 2.87. The van der Waals surface area contributed by atoms with Crippen LogP contribution in [0.25, 0.3) is 0 Å². The van der Waals surface area contributed by atoms with Gasteiger partial charge in [-0.2, -0.15) is 5.10 Å². The number of rotatable bonds is 5. The standard InChI is InChI=1S/C21H28N4O/c1-25-13-18(19(24-25)15-7-5-6-8-15)20(26)23-17-11-21(12-17,14-22)16-9-3-2-4-10-16/h2-4,9-10,13,15,17H,5-8,11-12,14,22H2,1H3,(H,23,26). The number of hydrogen-bond acceptors (Lipinski definition) is 3. The molecule has 1 aromatic heterocycles. The van der Waals surface area contributed by atoms with Crippen LogP contribution in [-0.2, 0) is 12.5 Å². The molecule has 5 heteroatoms. The zero-order valence-corrected chi connectivity index (χ0v) is 15.4. The normalized spacial score (nSPS) is 25.8. The third-order valence-corrected chi connectivity index (χ3v) is 6.23. The van der Waals surface area contributed by atoms with Gasteiger partial charge in [0.15, 0.2) is 0 Å². The van der Waals surface area contributed by atoms with E-state index in [-0.39, 0.29) is 17.4 Å². The Kier molecular flexibility index (Phi) is 4.57. The molecular weight excluding hydrogens is 324 g/mol. The molecule has 4 rings (SSSR count). The van der Waals surface area contributed by atoms with E-state index in [0.717, 1.165) is 36.9 Å². The zero-order valence-electron chi connectivity index (χ0n) is 15.4. The van der Waals surface area contributed by atoms with Gasteiger partial charge in [-0.05, 0) is 31.2 Å². The van der Waals surface area contributed by atoms with Crippen LogP contribution in [0.1, 0.15) is 66.1 Å². The number of benzene rings is 1. The highest BCUT2D eigenvalue weighted by atomic mass is 16.1. The second kappa shape index (κ2) is 6.88. The fraction of sp³-hybridized carbons (Fsp3) is 0.524. The molecule has 0 saturated heterocycles. The Morgan fingerprint density at radius 1 is 1.27 bits per heavy atom. The summed E-state index contributed by atoms with van der Waals surface area (Å²) in [6, 6.07) is 10.6. The van der Waals surface area contributed by atoms with Gasteiger partial charge in [-0.25, -0.2) is 0 Å². The zero-order chi connectivity index (χ0) is 18.1. The van der Waals surface area contributed by atoms with Crippen LogP contribution in [0.2, 0.25) is 0 Å². The van der Waals surface area contributed by atoms with Crippen LogP contribution < -0.4 is 11.1 Å². The lowest BCUT2D eigenvalue weighted by atomic mass is 9.61. The molecule has 0 spiro atoms. The summed E-state index contributed by atoms with van der Waals surface area (Å²) in [5, 5.41) is 7.81. The number of amides is 1. The highest BCUT2D eigenvalue weighted by Crippen LogP contribution is 2.43. The minimum Gasteiger partial charge on any atom is -0.349 e. The van der Waals surface area contributed by atoms with Crippen molar-refractivity contribution >= 4 is 5.91 Å².